The fourth-order valence-corrected chi connectivity index (χ4v) is 4.47. The Kier molecular flexibility index (Phi) is 10.5. The highest BCUT2D eigenvalue weighted by Gasteiger charge is 2.49. The van der Waals surface area contributed by atoms with E-state index in [1.165, 1.54) is 12.7 Å². The van der Waals surface area contributed by atoms with Crippen molar-refractivity contribution in [1.82, 2.24) is 0 Å². The Hall–Kier alpha value is -2.27. The van der Waals surface area contributed by atoms with Crippen LogP contribution in [0.15, 0.2) is 36.4 Å². The van der Waals surface area contributed by atoms with E-state index in [4.69, 9.17) is 9.47 Å². The zero-order chi connectivity index (χ0) is 24.6. The van der Waals surface area contributed by atoms with Crippen molar-refractivity contribution >= 4 is 24.4 Å². The maximum atomic E-state index is 13.2. The van der Waals surface area contributed by atoms with Gasteiger partial charge in [-0.25, -0.2) is 0 Å². The summed E-state index contributed by atoms with van der Waals surface area (Å²) in [6.07, 6.45) is 0.670. The second kappa shape index (κ2) is 12.1. The van der Waals surface area contributed by atoms with Gasteiger partial charge in [0.2, 0.25) is 0 Å². The van der Waals surface area contributed by atoms with Crippen molar-refractivity contribution in [2.45, 2.75) is 65.6 Å². The van der Waals surface area contributed by atoms with E-state index in [9.17, 15) is 9.59 Å². The topological polar surface area (TPSA) is 52.6 Å². The first kappa shape index (κ1) is 27.8. The monoisotopic (exact) mass is 458 g/mol. The second-order valence-electron chi connectivity index (χ2n) is 8.48. The van der Waals surface area contributed by atoms with E-state index in [1.54, 1.807) is 7.11 Å². The van der Waals surface area contributed by atoms with Crippen molar-refractivity contribution < 1.29 is 19.1 Å². The largest absolute Gasteiger partial charge is 0.497 e. The Labute approximate surface area is 199 Å². The molecule has 0 amide bonds. The lowest BCUT2D eigenvalue weighted by Crippen LogP contribution is -2.49. The smallest absolute Gasteiger partial charge is 0.329 e. The summed E-state index contributed by atoms with van der Waals surface area (Å²) in [6.45, 7) is 13.7. The lowest BCUT2D eigenvalue weighted by atomic mass is 9.78. The van der Waals surface area contributed by atoms with Crippen LogP contribution in [0.2, 0.25) is 0 Å². The van der Waals surface area contributed by atoms with E-state index in [0.29, 0.717) is 6.42 Å². The SMILES string of the molecule is CCC(C)C(S)(C(=O)OC)C(=O)C(C)c1c(C)cc(C)cc1C.COc1ccc(C)cc1. The summed E-state index contributed by atoms with van der Waals surface area (Å²) in [7, 11) is 2.97. The molecule has 0 aliphatic heterocycles. The molecule has 3 atom stereocenters. The normalized spacial score (nSPS) is 14.3. The van der Waals surface area contributed by atoms with Crippen LogP contribution in [0.5, 0.6) is 5.75 Å². The minimum Gasteiger partial charge on any atom is -0.497 e. The van der Waals surface area contributed by atoms with Gasteiger partial charge in [-0.15, -0.1) is 0 Å². The van der Waals surface area contributed by atoms with E-state index < -0.39 is 16.6 Å². The number of rotatable bonds is 7. The molecule has 176 valence electrons. The van der Waals surface area contributed by atoms with Crippen molar-refractivity contribution in [3.8, 4) is 5.75 Å². The Morgan fingerprint density at radius 1 is 0.938 bits per heavy atom. The van der Waals surface area contributed by atoms with Gasteiger partial charge in [0, 0.05) is 5.92 Å². The Balaban J connectivity index is 0.000000471. The fourth-order valence-electron chi connectivity index (χ4n) is 4.01. The molecule has 0 aromatic heterocycles. The predicted molar refractivity (Wildman–Crippen MR) is 135 cm³/mol. The van der Waals surface area contributed by atoms with Crippen molar-refractivity contribution in [2.75, 3.05) is 14.2 Å². The first-order valence-corrected chi connectivity index (χ1v) is 11.4. The molecule has 0 heterocycles. The van der Waals surface area contributed by atoms with E-state index >= 15 is 0 Å². The van der Waals surface area contributed by atoms with Gasteiger partial charge in [0.15, 0.2) is 10.5 Å². The van der Waals surface area contributed by atoms with Gasteiger partial charge in [0.05, 0.1) is 14.2 Å². The Morgan fingerprint density at radius 2 is 1.44 bits per heavy atom. The Bertz CT molecular complexity index is 897. The quantitative estimate of drug-likeness (QED) is 0.306. The fraction of sp³-hybridized carbons (Fsp3) is 0.481. The number of carbonyl (C=O) groups is 2. The number of ether oxygens (including phenoxy) is 2. The van der Waals surface area contributed by atoms with Gasteiger partial charge in [-0.2, -0.15) is 12.6 Å². The van der Waals surface area contributed by atoms with Crippen molar-refractivity contribution in [3.05, 3.63) is 64.2 Å². The van der Waals surface area contributed by atoms with E-state index in [2.05, 4.69) is 31.7 Å². The lowest BCUT2D eigenvalue weighted by Gasteiger charge is -2.33. The highest BCUT2D eigenvalue weighted by Crippen LogP contribution is 2.37. The molecule has 0 bridgehead atoms. The molecule has 0 aliphatic carbocycles. The van der Waals surface area contributed by atoms with Crippen molar-refractivity contribution in [3.63, 3.8) is 0 Å². The molecule has 0 fully saturated rings. The summed E-state index contributed by atoms with van der Waals surface area (Å²) < 4.78 is 8.43. The molecule has 0 radical (unpaired) electrons. The van der Waals surface area contributed by atoms with Crippen LogP contribution >= 0.6 is 12.6 Å². The maximum Gasteiger partial charge on any atom is 0.329 e. The summed E-state index contributed by atoms with van der Waals surface area (Å²) in [5, 5.41) is 0. The molecule has 5 heteroatoms. The molecule has 0 aliphatic rings. The molecular formula is C27H38O4S. The van der Waals surface area contributed by atoms with Crippen LogP contribution in [0.4, 0.5) is 0 Å². The van der Waals surface area contributed by atoms with Gasteiger partial charge < -0.3 is 9.47 Å². The van der Waals surface area contributed by atoms with E-state index in [0.717, 1.165) is 28.0 Å². The first-order valence-electron chi connectivity index (χ1n) is 11.0. The van der Waals surface area contributed by atoms with Gasteiger partial charge in [-0.3, -0.25) is 9.59 Å². The van der Waals surface area contributed by atoms with Gasteiger partial charge in [-0.05, 0) is 62.4 Å². The van der Waals surface area contributed by atoms with Gasteiger partial charge in [-0.1, -0.05) is 62.6 Å². The molecule has 0 spiro atoms. The zero-order valence-electron chi connectivity index (χ0n) is 20.9. The maximum absolute atomic E-state index is 13.2. The van der Waals surface area contributed by atoms with Crippen LogP contribution in [0.1, 0.15) is 60.9 Å². The average molecular weight is 459 g/mol. The first-order chi connectivity index (χ1) is 14.9. The Morgan fingerprint density at radius 3 is 1.84 bits per heavy atom. The molecule has 0 N–H and O–H groups in total. The van der Waals surface area contributed by atoms with Crippen LogP contribution in [0.25, 0.3) is 0 Å². The highest BCUT2D eigenvalue weighted by molar-refractivity contribution is 7.83. The molecule has 0 saturated heterocycles. The lowest BCUT2D eigenvalue weighted by molar-refractivity contribution is -0.149. The van der Waals surface area contributed by atoms with Crippen molar-refractivity contribution in [2.24, 2.45) is 5.92 Å². The molecule has 32 heavy (non-hydrogen) atoms. The number of methoxy groups -OCH3 is 2. The molecular weight excluding hydrogens is 420 g/mol. The number of thiol groups is 1. The summed E-state index contributed by atoms with van der Waals surface area (Å²) in [4.78, 5) is 25.5. The summed E-state index contributed by atoms with van der Waals surface area (Å²) in [5.41, 5.74) is 5.53. The number of aryl methyl sites for hydroxylation is 4. The number of carbonyl (C=O) groups excluding carboxylic acids is 2. The number of Topliss-reactive ketones (excluding diaryl/α,β-unsaturated/α-hetero) is 1. The summed E-state index contributed by atoms with van der Waals surface area (Å²) >= 11 is 4.52. The molecule has 2 aromatic carbocycles. The molecule has 2 rings (SSSR count). The van der Waals surface area contributed by atoms with Gasteiger partial charge in [0.25, 0.3) is 0 Å². The standard InChI is InChI=1S/C19H28O3S.C8H10O/c1-8-14(5)19(23,18(21)22-7)17(20)15(6)16-12(3)9-11(2)10-13(16)4;1-7-3-5-8(9-2)6-4-7/h9-10,14-15,23H,8H2,1-7H3;3-6H,1-2H3. The highest BCUT2D eigenvalue weighted by atomic mass is 32.1. The minimum atomic E-state index is -1.42. The van der Waals surface area contributed by atoms with Crippen LogP contribution < -0.4 is 4.74 Å². The van der Waals surface area contributed by atoms with Crippen LogP contribution in [-0.2, 0) is 14.3 Å². The zero-order valence-corrected chi connectivity index (χ0v) is 21.8. The molecule has 0 saturated carbocycles. The minimum absolute atomic E-state index is 0.197. The van der Waals surface area contributed by atoms with Crippen molar-refractivity contribution in [1.29, 1.82) is 0 Å². The number of ketones is 1. The number of hydrogen-bond acceptors (Lipinski definition) is 5. The molecule has 4 nitrogen and oxygen atoms in total. The number of esters is 1. The van der Waals surface area contributed by atoms with Gasteiger partial charge in [0.1, 0.15) is 5.75 Å². The number of hydrogen-bond donors (Lipinski definition) is 1. The molecule has 3 unspecified atom stereocenters. The average Bonchev–Trinajstić information content (AvgIpc) is 2.76. The third-order valence-electron chi connectivity index (χ3n) is 6.02. The second-order valence-corrected chi connectivity index (χ2v) is 9.19. The predicted octanol–water partition coefficient (Wildman–Crippen LogP) is 6.18. The third-order valence-corrected chi connectivity index (χ3v) is 6.86. The van der Waals surface area contributed by atoms with Crippen LogP contribution in [0, 0.1) is 33.6 Å². The summed E-state index contributed by atoms with van der Waals surface area (Å²) in [5.74, 6) is -0.479. The van der Waals surface area contributed by atoms with E-state index in [-0.39, 0.29) is 11.7 Å². The summed E-state index contributed by atoms with van der Waals surface area (Å²) in [6, 6.07) is 12.1. The van der Waals surface area contributed by atoms with Crippen LogP contribution in [0.3, 0.4) is 0 Å². The molecule has 2 aromatic rings. The van der Waals surface area contributed by atoms with Gasteiger partial charge >= 0.3 is 5.97 Å². The van der Waals surface area contributed by atoms with Crippen LogP contribution in [-0.4, -0.2) is 30.7 Å². The van der Waals surface area contributed by atoms with E-state index in [1.807, 2.05) is 65.8 Å². The third kappa shape index (κ3) is 6.38. The number of benzene rings is 2.